The molecule has 1 unspecified atom stereocenters. The van der Waals surface area contributed by atoms with Crippen LogP contribution in [0.3, 0.4) is 0 Å². The number of aliphatic carboxylic acids is 2. The topological polar surface area (TPSA) is 183 Å². The van der Waals surface area contributed by atoms with Crippen LogP contribution in [0.4, 0.5) is 0 Å². The summed E-state index contributed by atoms with van der Waals surface area (Å²) in [5, 5.41) is 22.3. The van der Waals surface area contributed by atoms with Gasteiger partial charge >= 0.3 is 11.9 Å². The number of carboxylic acid groups (broad SMARTS) is 2. The Morgan fingerprint density at radius 3 is 1.73 bits per heavy atom. The van der Waals surface area contributed by atoms with Gasteiger partial charge in [0.2, 0.25) is 0 Å². The van der Waals surface area contributed by atoms with Crippen molar-refractivity contribution in [2.75, 3.05) is 0 Å². The van der Waals surface area contributed by atoms with E-state index in [0.29, 0.717) is 0 Å². The maximum atomic E-state index is 10.2. The normalized spacial score (nSPS) is 11.8. The van der Waals surface area contributed by atoms with Gasteiger partial charge in [-0.3, -0.25) is 24.3 Å². The third kappa shape index (κ3) is 8.58. The lowest BCUT2D eigenvalue weighted by atomic mass is 10.3. The van der Waals surface area contributed by atoms with Gasteiger partial charge in [0.25, 0.3) is 10.1 Å². The average molecular weight is 245 g/mol. The van der Waals surface area contributed by atoms with Crippen molar-refractivity contribution in [3.8, 4) is 0 Å². The number of carboxylic acids is 2. The first-order valence-corrected chi connectivity index (χ1v) is 4.57. The van der Waals surface area contributed by atoms with Crippen LogP contribution in [-0.2, 0) is 19.7 Å². The maximum Gasteiger partial charge on any atom is 0.325 e. The minimum atomic E-state index is -4.84. The second kappa shape index (κ2) is 6.67. The number of carbonyl (C=O) groups is 2. The number of hydrogen-bond donors (Lipinski definition) is 4. The van der Waals surface area contributed by atoms with Crippen LogP contribution in [0.25, 0.3) is 0 Å². The molecule has 0 saturated heterocycles. The summed E-state index contributed by atoms with van der Waals surface area (Å²) in [5.74, 6) is -3.50. The van der Waals surface area contributed by atoms with E-state index in [9.17, 15) is 18.0 Å². The molecule has 0 aliphatic heterocycles. The molecule has 0 aliphatic rings. The van der Waals surface area contributed by atoms with Gasteiger partial charge in [0.05, 0.1) is 6.42 Å². The van der Waals surface area contributed by atoms with Gasteiger partial charge in [-0.2, -0.15) is 8.42 Å². The Morgan fingerprint density at radius 2 is 1.67 bits per heavy atom. The summed E-state index contributed by atoms with van der Waals surface area (Å²) in [4.78, 5) is 28.1. The van der Waals surface area contributed by atoms with Gasteiger partial charge in [0.1, 0.15) is 0 Å². The molecule has 0 rings (SSSR count). The van der Waals surface area contributed by atoms with E-state index < -0.39 is 33.7 Å². The first-order valence-electron chi connectivity index (χ1n) is 3.07. The summed E-state index contributed by atoms with van der Waals surface area (Å²) in [6.07, 6.45) is -1.16. The first kappa shape index (κ1) is 15.7. The van der Waals surface area contributed by atoms with Crippen LogP contribution in [-0.4, -0.2) is 40.4 Å². The van der Waals surface area contributed by atoms with Crippen molar-refractivity contribution in [1.82, 2.24) is 0 Å². The van der Waals surface area contributed by atoms with Crippen LogP contribution in [0.2, 0.25) is 0 Å². The molecule has 0 amide bonds. The molecule has 0 bridgehead atoms. The summed E-state index contributed by atoms with van der Waals surface area (Å²) in [5.41, 5.74) is 0. The van der Waals surface area contributed by atoms with Gasteiger partial charge in [-0.25, -0.2) is 0 Å². The quantitative estimate of drug-likeness (QED) is 0.229. The molecule has 0 aromatic heterocycles. The second-order valence-corrected chi connectivity index (χ2v) is 3.62. The van der Waals surface area contributed by atoms with Crippen LogP contribution >= 0.6 is 0 Å². The fourth-order valence-electron chi connectivity index (χ4n) is 0.479. The van der Waals surface area contributed by atoms with Crippen molar-refractivity contribution >= 4 is 22.1 Å². The monoisotopic (exact) mass is 245 g/mol. The van der Waals surface area contributed by atoms with Crippen molar-refractivity contribution < 1.29 is 38.1 Å². The lowest BCUT2D eigenvalue weighted by molar-refractivity contribution is -0.398. The molecule has 0 spiro atoms. The highest BCUT2D eigenvalue weighted by Gasteiger charge is 2.33. The van der Waals surface area contributed by atoms with Crippen molar-refractivity contribution in [3.05, 3.63) is 10.1 Å². The highest BCUT2D eigenvalue weighted by Crippen LogP contribution is 2.04. The Kier molecular flexibility index (Phi) is 6.98. The molecule has 4 N–H and O–H groups in total. The summed E-state index contributed by atoms with van der Waals surface area (Å²) < 4.78 is 28.7. The van der Waals surface area contributed by atoms with Gasteiger partial charge in [-0.05, 0) is 0 Å². The Bertz CT molecular complexity index is 332. The molecule has 0 saturated carbocycles. The molecular weight excluding hydrogens is 238 g/mol. The number of nitrogens with one attached hydrogen (secondary N) is 1. The van der Waals surface area contributed by atoms with Crippen molar-refractivity contribution in [3.63, 3.8) is 0 Å². The molecule has 88 valence electrons. The number of rotatable bonds is 4. The fourth-order valence-corrected chi connectivity index (χ4v) is 1.09. The molecule has 1 atom stereocenters. The molecule has 0 fully saturated rings. The van der Waals surface area contributed by atoms with E-state index in [4.69, 9.17) is 24.9 Å². The smallest absolute Gasteiger partial charge is 0.325 e. The summed E-state index contributed by atoms with van der Waals surface area (Å²) in [6.45, 7) is 0. The van der Waals surface area contributed by atoms with E-state index in [1.165, 1.54) is 0 Å². The minimum Gasteiger partial charge on any atom is -0.481 e. The molecule has 0 aliphatic carbocycles. The van der Waals surface area contributed by atoms with Crippen LogP contribution in [0.15, 0.2) is 0 Å². The van der Waals surface area contributed by atoms with Crippen LogP contribution in [0.1, 0.15) is 6.42 Å². The van der Waals surface area contributed by atoms with E-state index >= 15 is 0 Å². The van der Waals surface area contributed by atoms with Crippen LogP contribution in [0.5, 0.6) is 0 Å². The molecule has 0 aromatic rings. The lowest BCUT2D eigenvalue weighted by Crippen LogP contribution is -2.53. The van der Waals surface area contributed by atoms with Gasteiger partial charge in [-0.1, -0.05) is 0 Å². The fraction of sp³-hybridized carbons (Fsp3) is 0.500. The number of hydrogen-bond acceptors (Lipinski definition) is 6. The SMILES string of the molecule is O=C(O)CC(C(=O)O)S(=O)(=O)O.O=[NH+][O-]. The van der Waals surface area contributed by atoms with Gasteiger partial charge in [0, 0.05) is 5.34 Å². The molecular formula is C4H7NO9S. The lowest BCUT2D eigenvalue weighted by Gasteiger charge is -2.04. The molecule has 15 heavy (non-hydrogen) atoms. The Hall–Kier alpha value is -1.75. The van der Waals surface area contributed by atoms with Crippen LogP contribution in [0, 0.1) is 10.1 Å². The summed E-state index contributed by atoms with van der Waals surface area (Å²) in [7, 11) is -4.84. The van der Waals surface area contributed by atoms with Gasteiger partial charge in [-0.15, -0.1) is 0 Å². The molecule has 0 heterocycles. The van der Waals surface area contributed by atoms with E-state index in [0.717, 1.165) is 0 Å². The Balaban J connectivity index is 0. The molecule has 0 radical (unpaired) electrons. The highest BCUT2D eigenvalue weighted by molar-refractivity contribution is 7.87. The maximum absolute atomic E-state index is 10.2. The largest absolute Gasteiger partial charge is 0.481 e. The van der Waals surface area contributed by atoms with E-state index in [2.05, 4.69) is 0 Å². The zero-order valence-electron chi connectivity index (χ0n) is 6.98. The van der Waals surface area contributed by atoms with Crippen LogP contribution < -0.4 is 5.34 Å². The minimum absolute atomic E-state index is 0.250. The third-order valence-electron chi connectivity index (χ3n) is 0.995. The molecule has 0 aromatic carbocycles. The zero-order valence-corrected chi connectivity index (χ0v) is 7.80. The Morgan fingerprint density at radius 1 is 1.33 bits per heavy atom. The van der Waals surface area contributed by atoms with Crippen molar-refractivity contribution in [1.29, 1.82) is 0 Å². The average Bonchev–Trinajstić information content (AvgIpc) is 1.98. The highest BCUT2D eigenvalue weighted by atomic mass is 32.2. The standard InChI is InChI=1S/C4H6O7S.HNO2/c5-3(6)1-2(4(7)8)12(9,10)11;2-1-3/h2H,1H2,(H,5,6)(H,7,8)(H,9,10,11);1H. The predicted octanol–water partition coefficient (Wildman–Crippen LogP) is -2.87. The molecule has 10 nitrogen and oxygen atoms in total. The predicted molar refractivity (Wildman–Crippen MR) is 42.9 cm³/mol. The second-order valence-electron chi connectivity index (χ2n) is 2.02. The van der Waals surface area contributed by atoms with Gasteiger partial charge < -0.3 is 10.2 Å². The van der Waals surface area contributed by atoms with Crippen molar-refractivity contribution in [2.45, 2.75) is 11.7 Å². The van der Waals surface area contributed by atoms with E-state index in [1.54, 1.807) is 0 Å². The van der Waals surface area contributed by atoms with E-state index in [-0.39, 0.29) is 5.34 Å². The molecule has 11 heteroatoms. The van der Waals surface area contributed by atoms with Crippen molar-refractivity contribution in [2.24, 2.45) is 0 Å². The summed E-state index contributed by atoms with van der Waals surface area (Å²) in [6, 6.07) is 0. The Labute approximate surface area is 82.8 Å². The van der Waals surface area contributed by atoms with Gasteiger partial charge in [0.15, 0.2) is 5.25 Å². The summed E-state index contributed by atoms with van der Waals surface area (Å²) >= 11 is 0. The van der Waals surface area contributed by atoms with E-state index in [1.807, 2.05) is 0 Å². The first-order chi connectivity index (χ1) is 6.66. The zero-order chi connectivity index (χ0) is 12.6. The third-order valence-corrected chi connectivity index (χ3v) is 2.08.